The van der Waals surface area contributed by atoms with Gasteiger partial charge in [0.2, 0.25) is 5.91 Å². The first kappa shape index (κ1) is 55.1. The van der Waals surface area contributed by atoms with Crippen LogP contribution in [0.15, 0.2) is 36.5 Å². The number of nitrogens with one attached hydrogen (secondary N) is 1. The molecule has 0 bridgehead atoms. The van der Waals surface area contributed by atoms with E-state index in [1.165, 1.54) is 128 Å². The number of carbonyl (C=O) groups excluding carboxylic acids is 2. The molecule has 6 heteroatoms. The SMILES string of the molecule is CCCCC/C=C\C/C=C\C/C=C\CCCCCCC(=O)OC(CCCCCCCCCCC)CC(=O)NC(CO)C(O)CCCCCCCCCCCCCC. The van der Waals surface area contributed by atoms with E-state index < -0.39 is 18.2 Å². The molecule has 3 unspecified atom stereocenters. The summed E-state index contributed by atoms with van der Waals surface area (Å²) in [7, 11) is 0. The van der Waals surface area contributed by atoms with Gasteiger partial charge < -0.3 is 20.3 Å². The Morgan fingerprint density at radius 2 is 0.895 bits per heavy atom. The first-order valence-electron chi connectivity index (χ1n) is 24.7. The van der Waals surface area contributed by atoms with Crippen molar-refractivity contribution in [2.75, 3.05) is 6.61 Å². The number of ether oxygens (including phenoxy) is 1. The number of carbonyl (C=O) groups is 2. The highest BCUT2D eigenvalue weighted by Gasteiger charge is 2.24. The van der Waals surface area contributed by atoms with Crippen molar-refractivity contribution in [1.82, 2.24) is 5.32 Å². The molecule has 334 valence electrons. The van der Waals surface area contributed by atoms with Gasteiger partial charge >= 0.3 is 5.97 Å². The Hall–Kier alpha value is -1.92. The van der Waals surface area contributed by atoms with E-state index in [9.17, 15) is 19.8 Å². The van der Waals surface area contributed by atoms with Crippen LogP contribution in [0.2, 0.25) is 0 Å². The Balaban J connectivity index is 4.51. The molecular weight excluding hydrogens is 707 g/mol. The molecule has 0 radical (unpaired) electrons. The average molecular weight is 802 g/mol. The maximum absolute atomic E-state index is 13.1. The van der Waals surface area contributed by atoms with Crippen molar-refractivity contribution in [3.63, 3.8) is 0 Å². The third kappa shape index (κ3) is 40.6. The number of hydrogen-bond acceptors (Lipinski definition) is 5. The molecule has 3 atom stereocenters. The zero-order valence-electron chi connectivity index (χ0n) is 38.0. The van der Waals surface area contributed by atoms with Crippen LogP contribution in [0, 0.1) is 0 Å². The van der Waals surface area contributed by atoms with Crippen LogP contribution in [0.5, 0.6) is 0 Å². The third-order valence-electron chi connectivity index (χ3n) is 11.2. The fourth-order valence-electron chi connectivity index (χ4n) is 7.44. The van der Waals surface area contributed by atoms with E-state index in [0.29, 0.717) is 19.3 Å². The van der Waals surface area contributed by atoms with Gasteiger partial charge in [0.15, 0.2) is 0 Å². The second-order valence-corrected chi connectivity index (χ2v) is 16.9. The van der Waals surface area contributed by atoms with Crippen molar-refractivity contribution < 1.29 is 24.5 Å². The van der Waals surface area contributed by atoms with E-state index in [2.05, 4.69) is 62.5 Å². The van der Waals surface area contributed by atoms with Gasteiger partial charge in [-0.3, -0.25) is 9.59 Å². The molecule has 0 saturated carbocycles. The minimum atomic E-state index is -0.787. The van der Waals surface area contributed by atoms with Crippen molar-refractivity contribution in [2.45, 2.75) is 270 Å². The molecule has 0 heterocycles. The molecule has 0 saturated heterocycles. The summed E-state index contributed by atoms with van der Waals surface area (Å²) in [6.07, 6.45) is 52.0. The lowest BCUT2D eigenvalue weighted by molar-refractivity contribution is -0.151. The molecule has 0 aliphatic carbocycles. The van der Waals surface area contributed by atoms with Crippen LogP contribution in [-0.2, 0) is 14.3 Å². The highest BCUT2D eigenvalue weighted by molar-refractivity contribution is 5.77. The van der Waals surface area contributed by atoms with Crippen molar-refractivity contribution in [1.29, 1.82) is 0 Å². The largest absolute Gasteiger partial charge is 0.462 e. The number of amides is 1. The normalized spacial score (nSPS) is 13.6. The summed E-state index contributed by atoms with van der Waals surface area (Å²) in [4.78, 5) is 26.0. The number of aliphatic hydroxyl groups is 2. The Morgan fingerprint density at radius 3 is 1.39 bits per heavy atom. The number of rotatable bonds is 44. The van der Waals surface area contributed by atoms with Gasteiger partial charge in [-0.25, -0.2) is 0 Å². The quantitative estimate of drug-likeness (QED) is 0.0324. The van der Waals surface area contributed by atoms with E-state index in [4.69, 9.17) is 4.74 Å². The van der Waals surface area contributed by atoms with Gasteiger partial charge in [0, 0.05) is 6.42 Å². The van der Waals surface area contributed by atoms with Crippen LogP contribution in [0.1, 0.15) is 252 Å². The van der Waals surface area contributed by atoms with Gasteiger partial charge in [0.25, 0.3) is 0 Å². The number of unbranched alkanes of at least 4 members (excludes halogenated alkanes) is 26. The maximum atomic E-state index is 13.1. The molecule has 0 rings (SSSR count). The predicted octanol–water partition coefficient (Wildman–Crippen LogP) is 14.5. The van der Waals surface area contributed by atoms with E-state index in [1.54, 1.807) is 0 Å². The van der Waals surface area contributed by atoms with Gasteiger partial charge in [-0.1, -0.05) is 211 Å². The topological polar surface area (TPSA) is 95.9 Å². The molecule has 1 amide bonds. The number of aliphatic hydroxyl groups excluding tert-OH is 2. The molecule has 3 N–H and O–H groups in total. The summed E-state index contributed by atoms with van der Waals surface area (Å²) in [6.45, 7) is 6.43. The number of hydrogen-bond donors (Lipinski definition) is 3. The Bertz CT molecular complexity index is 946. The molecule has 0 aliphatic rings. The highest BCUT2D eigenvalue weighted by atomic mass is 16.5. The smallest absolute Gasteiger partial charge is 0.306 e. The van der Waals surface area contributed by atoms with Crippen molar-refractivity contribution in [3.8, 4) is 0 Å². The molecule has 0 aromatic carbocycles. The molecule has 0 aromatic heterocycles. The van der Waals surface area contributed by atoms with Crippen molar-refractivity contribution >= 4 is 11.9 Å². The fourth-order valence-corrected chi connectivity index (χ4v) is 7.44. The summed E-state index contributed by atoms with van der Waals surface area (Å²) >= 11 is 0. The number of allylic oxidation sites excluding steroid dienone is 6. The zero-order valence-corrected chi connectivity index (χ0v) is 38.0. The summed E-state index contributed by atoms with van der Waals surface area (Å²) in [5.74, 6) is -0.494. The van der Waals surface area contributed by atoms with Crippen LogP contribution < -0.4 is 5.32 Å². The van der Waals surface area contributed by atoms with Gasteiger partial charge in [-0.2, -0.15) is 0 Å². The molecule has 0 aliphatic heterocycles. The molecular formula is C51H95NO5. The molecule has 0 spiro atoms. The van der Waals surface area contributed by atoms with Crippen LogP contribution in [-0.4, -0.2) is 46.9 Å². The molecule has 0 aromatic rings. The van der Waals surface area contributed by atoms with Crippen LogP contribution in [0.25, 0.3) is 0 Å². The lowest BCUT2D eigenvalue weighted by Gasteiger charge is -2.24. The fraction of sp³-hybridized carbons (Fsp3) is 0.843. The Morgan fingerprint density at radius 1 is 0.509 bits per heavy atom. The summed E-state index contributed by atoms with van der Waals surface area (Å²) in [5, 5.41) is 23.7. The standard InChI is InChI=1S/C51H95NO5/c1-4-7-10-13-16-19-21-23-24-25-26-27-29-32-35-38-41-44-51(56)57-47(42-39-36-33-30-18-15-12-9-6-3)45-50(55)52-48(46-53)49(54)43-40-37-34-31-28-22-20-17-14-11-8-5-2/h16,19,23-24,26-27,47-49,53-54H,4-15,17-18,20-22,25,28-46H2,1-3H3,(H,52,55)/b19-16-,24-23-,27-26-. The first-order chi connectivity index (χ1) is 28.0. The third-order valence-corrected chi connectivity index (χ3v) is 11.2. The van der Waals surface area contributed by atoms with E-state index in [0.717, 1.165) is 77.0 Å². The minimum Gasteiger partial charge on any atom is -0.462 e. The first-order valence-corrected chi connectivity index (χ1v) is 24.7. The Labute approximate surface area is 353 Å². The lowest BCUT2D eigenvalue weighted by Crippen LogP contribution is -2.46. The Kier molecular flexibility index (Phi) is 43.6. The molecule has 57 heavy (non-hydrogen) atoms. The maximum Gasteiger partial charge on any atom is 0.306 e. The lowest BCUT2D eigenvalue weighted by atomic mass is 10.0. The van der Waals surface area contributed by atoms with E-state index >= 15 is 0 Å². The monoisotopic (exact) mass is 802 g/mol. The summed E-state index contributed by atoms with van der Waals surface area (Å²) < 4.78 is 5.90. The summed E-state index contributed by atoms with van der Waals surface area (Å²) in [6, 6.07) is -0.701. The van der Waals surface area contributed by atoms with Gasteiger partial charge in [-0.15, -0.1) is 0 Å². The average Bonchev–Trinajstić information content (AvgIpc) is 3.20. The second-order valence-electron chi connectivity index (χ2n) is 16.9. The van der Waals surface area contributed by atoms with Crippen LogP contribution in [0.3, 0.4) is 0 Å². The molecule has 0 fully saturated rings. The predicted molar refractivity (Wildman–Crippen MR) is 246 cm³/mol. The van der Waals surface area contributed by atoms with Gasteiger partial charge in [-0.05, 0) is 64.2 Å². The van der Waals surface area contributed by atoms with Gasteiger partial charge in [0.05, 0.1) is 25.2 Å². The second kappa shape index (κ2) is 45.2. The van der Waals surface area contributed by atoms with Crippen molar-refractivity contribution in [2.24, 2.45) is 0 Å². The number of esters is 1. The molecule has 6 nitrogen and oxygen atoms in total. The van der Waals surface area contributed by atoms with Crippen LogP contribution in [0.4, 0.5) is 0 Å². The highest BCUT2D eigenvalue weighted by Crippen LogP contribution is 2.18. The van der Waals surface area contributed by atoms with Gasteiger partial charge in [0.1, 0.15) is 6.10 Å². The van der Waals surface area contributed by atoms with Crippen molar-refractivity contribution in [3.05, 3.63) is 36.5 Å². The summed E-state index contributed by atoms with van der Waals surface area (Å²) in [5.41, 5.74) is 0. The van der Waals surface area contributed by atoms with E-state index in [1.807, 2.05) is 0 Å². The van der Waals surface area contributed by atoms with Crippen LogP contribution >= 0.6 is 0 Å². The zero-order chi connectivity index (χ0) is 41.7. The minimum absolute atomic E-state index is 0.0713. The van der Waals surface area contributed by atoms with E-state index in [-0.39, 0.29) is 24.9 Å².